The highest BCUT2D eigenvalue weighted by Crippen LogP contribution is 2.30. The number of hydrogen-bond acceptors (Lipinski definition) is 2. The molecule has 3 heteroatoms. The summed E-state index contributed by atoms with van der Waals surface area (Å²) in [4.78, 5) is 8.73. The quantitative estimate of drug-likeness (QED) is 0.632. The molecule has 0 saturated heterocycles. The number of imidazole rings is 1. The van der Waals surface area contributed by atoms with Crippen molar-refractivity contribution in [3.05, 3.63) is 30.0 Å². The maximum Gasteiger partial charge on any atom is 0.155 e. The van der Waals surface area contributed by atoms with Gasteiger partial charge in [0.05, 0.1) is 11.9 Å². The van der Waals surface area contributed by atoms with Gasteiger partial charge < -0.3 is 4.40 Å². The third-order valence-corrected chi connectivity index (χ3v) is 3.08. The van der Waals surface area contributed by atoms with Gasteiger partial charge in [0.2, 0.25) is 0 Å². The molecule has 3 rings (SSSR count). The highest BCUT2D eigenvalue weighted by molar-refractivity contribution is 5.42. The Hall–Kier alpha value is -1.38. The maximum atomic E-state index is 4.63. The molecule has 2 aromatic rings. The van der Waals surface area contributed by atoms with Crippen molar-refractivity contribution in [1.29, 1.82) is 0 Å². The van der Waals surface area contributed by atoms with Gasteiger partial charge in [0, 0.05) is 24.0 Å². The molecule has 1 aliphatic carbocycles. The Labute approximate surface area is 82.8 Å². The summed E-state index contributed by atoms with van der Waals surface area (Å²) in [6.45, 7) is 2.26. The normalized spacial score (nSPS) is 21.1. The lowest BCUT2D eigenvalue weighted by Gasteiger charge is -2.16. The summed E-state index contributed by atoms with van der Waals surface area (Å²) in [5.41, 5.74) is 3.66. The van der Waals surface area contributed by atoms with Crippen LogP contribution in [0.25, 0.3) is 5.65 Å². The van der Waals surface area contributed by atoms with Crippen molar-refractivity contribution in [1.82, 2.24) is 14.4 Å². The van der Waals surface area contributed by atoms with E-state index in [-0.39, 0.29) is 0 Å². The van der Waals surface area contributed by atoms with Crippen molar-refractivity contribution in [2.45, 2.75) is 32.1 Å². The van der Waals surface area contributed by atoms with Gasteiger partial charge in [-0.1, -0.05) is 6.92 Å². The minimum atomic E-state index is 0.610. The van der Waals surface area contributed by atoms with Gasteiger partial charge in [0.15, 0.2) is 5.65 Å². The third kappa shape index (κ3) is 0.983. The Balaban J connectivity index is 2.32. The number of nitrogens with zero attached hydrogens (tertiary/aromatic N) is 3. The van der Waals surface area contributed by atoms with Gasteiger partial charge in [-0.3, -0.25) is 4.98 Å². The summed E-state index contributed by atoms with van der Waals surface area (Å²) < 4.78 is 2.18. The molecule has 0 aliphatic heterocycles. The first kappa shape index (κ1) is 7.97. The van der Waals surface area contributed by atoms with Crippen molar-refractivity contribution in [3.8, 4) is 0 Å². The Bertz CT molecular complexity index is 472. The second-order valence-electron chi connectivity index (χ2n) is 4.04. The van der Waals surface area contributed by atoms with Crippen molar-refractivity contribution >= 4 is 5.65 Å². The SMILES string of the molecule is CC1CCCc2c1nc1cnccn21. The number of aryl methyl sites for hydroxylation is 1. The van der Waals surface area contributed by atoms with E-state index in [1.807, 2.05) is 18.6 Å². The first-order valence-electron chi connectivity index (χ1n) is 5.17. The molecule has 0 bridgehead atoms. The van der Waals surface area contributed by atoms with Crippen molar-refractivity contribution in [2.75, 3.05) is 0 Å². The van der Waals surface area contributed by atoms with E-state index < -0.39 is 0 Å². The molecule has 0 amide bonds. The van der Waals surface area contributed by atoms with Crippen LogP contribution in [-0.4, -0.2) is 14.4 Å². The van der Waals surface area contributed by atoms with Crippen LogP contribution in [0, 0.1) is 0 Å². The average Bonchev–Trinajstić information content (AvgIpc) is 2.59. The van der Waals surface area contributed by atoms with Gasteiger partial charge in [0.1, 0.15) is 0 Å². The molecule has 0 N–H and O–H groups in total. The fraction of sp³-hybridized carbons (Fsp3) is 0.455. The lowest BCUT2D eigenvalue weighted by Crippen LogP contribution is -2.07. The standard InChI is InChI=1S/C11H13N3/c1-8-3-2-4-9-11(8)13-10-7-12-5-6-14(9)10/h5-8H,2-4H2,1H3. The second kappa shape index (κ2) is 2.80. The molecule has 2 aromatic heterocycles. The van der Waals surface area contributed by atoms with Gasteiger partial charge in [-0.15, -0.1) is 0 Å². The third-order valence-electron chi connectivity index (χ3n) is 3.08. The van der Waals surface area contributed by atoms with Crippen LogP contribution in [0.1, 0.15) is 37.1 Å². The molecule has 0 aromatic carbocycles. The van der Waals surface area contributed by atoms with E-state index in [4.69, 9.17) is 0 Å². The first-order valence-corrected chi connectivity index (χ1v) is 5.17. The maximum absolute atomic E-state index is 4.63. The van der Waals surface area contributed by atoms with E-state index in [9.17, 15) is 0 Å². The Morgan fingerprint density at radius 3 is 3.36 bits per heavy atom. The molecular weight excluding hydrogens is 174 g/mol. The van der Waals surface area contributed by atoms with E-state index in [2.05, 4.69) is 21.3 Å². The monoisotopic (exact) mass is 187 g/mol. The summed E-state index contributed by atoms with van der Waals surface area (Å²) >= 11 is 0. The summed E-state index contributed by atoms with van der Waals surface area (Å²) in [6.07, 6.45) is 9.39. The first-order chi connectivity index (χ1) is 6.86. The Morgan fingerprint density at radius 1 is 1.50 bits per heavy atom. The highest BCUT2D eigenvalue weighted by atomic mass is 15.0. The van der Waals surface area contributed by atoms with Gasteiger partial charge in [0.25, 0.3) is 0 Å². The molecule has 1 atom stereocenters. The summed E-state index contributed by atoms with van der Waals surface area (Å²) in [5.74, 6) is 0.610. The van der Waals surface area contributed by atoms with Gasteiger partial charge >= 0.3 is 0 Å². The summed E-state index contributed by atoms with van der Waals surface area (Å²) in [6, 6.07) is 0. The topological polar surface area (TPSA) is 30.2 Å². The van der Waals surface area contributed by atoms with Crippen LogP contribution < -0.4 is 0 Å². The molecule has 72 valence electrons. The molecule has 0 saturated carbocycles. The average molecular weight is 187 g/mol. The van der Waals surface area contributed by atoms with Crippen LogP contribution in [0.2, 0.25) is 0 Å². The number of hydrogen-bond donors (Lipinski definition) is 0. The molecule has 1 unspecified atom stereocenters. The lowest BCUT2D eigenvalue weighted by atomic mass is 9.91. The predicted molar refractivity (Wildman–Crippen MR) is 54.3 cm³/mol. The molecule has 2 heterocycles. The van der Waals surface area contributed by atoms with E-state index in [1.165, 1.54) is 24.2 Å². The van der Waals surface area contributed by atoms with Gasteiger partial charge in [-0.2, -0.15) is 0 Å². The zero-order chi connectivity index (χ0) is 9.54. The van der Waals surface area contributed by atoms with Crippen LogP contribution in [-0.2, 0) is 6.42 Å². The van der Waals surface area contributed by atoms with E-state index in [0.29, 0.717) is 5.92 Å². The van der Waals surface area contributed by atoms with E-state index in [0.717, 1.165) is 12.1 Å². The molecule has 3 nitrogen and oxygen atoms in total. The van der Waals surface area contributed by atoms with Crippen LogP contribution in [0.4, 0.5) is 0 Å². The van der Waals surface area contributed by atoms with Crippen LogP contribution in [0.3, 0.4) is 0 Å². The van der Waals surface area contributed by atoms with E-state index in [1.54, 1.807) is 0 Å². The van der Waals surface area contributed by atoms with Crippen LogP contribution in [0.15, 0.2) is 18.6 Å². The van der Waals surface area contributed by atoms with Gasteiger partial charge in [-0.05, 0) is 19.3 Å². The molecule has 1 aliphatic rings. The molecular formula is C11H13N3. The number of fused-ring (bicyclic) bond motifs is 3. The fourth-order valence-electron chi connectivity index (χ4n) is 2.33. The smallest absolute Gasteiger partial charge is 0.155 e. The van der Waals surface area contributed by atoms with Crippen molar-refractivity contribution < 1.29 is 0 Å². The molecule has 0 fully saturated rings. The minimum absolute atomic E-state index is 0.610. The van der Waals surface area contributed by atoms with E-state index >= 15 is 0 Å². The predicted octanol–water partition coefficient (Wildman–Crippen LogP) is 2.17. The summed E-state index contributed by atoms with van der Waals surface area (Å²) in [7, 11) is 0. The number of aromatic nitrogens is 3. The molecule has 14 heavy (non-hydrogen) atoms. The molecule has 0 spiro atoms. The molecule has 0 radical (unpaired) electrons. The van der Waals surface area contributed by atoms with Crippen molar-refractivity contribution in [3.63, 3.8) is 0 Å². The zero-order valence-corrected chi connectivity index (χ0v) is 8.27. The minimum Gasteiger partial charge on any atom is -0.301 e. The van der Waals surface area contributed by atoms with Crippen LogP contribution >= 0.6 is 0 Å². The Morgan fingerprint density at radius 2 is 2.43 bits per heavy atom. The van der Waals surface area contributed by atoms with Crippen LogP contribution in [0.5, 0.6) is 0 Å². The zero-order valence-electron chi connectivity index (χ0n) is 8.27. The highest BCUT2D eigenvalue weighted by Gasteiger charge is 2.21. The second-order valence-corrected chi connectivity index (χ2v) is 4.04. The lowest BCUT2D eigenvalue weighted by molar-refractivity contribution is 0.570. The van der Waals surface area contributed by atoms with Crippen molar-refractivity contribution in [2.24, 2.45) is 0 Å². The van der Waals surface area contributed by atoms with Gasteiger partial charge in [-0.25, -0.2) is 4.98 Å². The summed E-state index contributed by atoms with van der Waals surface area (Å²) in [5, 5.41) is 0. The largest absolute Gasteiger partial charge is 0.301 e. The number of rotatable bonds is 0. The fourth-order valence-corrected chi connectivity index (χ4v) is 2.33. The Kier molecular flexibility index (Phi) is 1.60.